The number of unbranched alkanes of at least 4 members (excludes halogenated alkanes) is 1. The maximum Gasteiger partial charge on any atom is 0.184 e. The standard InChI is InChI=1S/C21H28F2N6/c1-5-7-11-28-19(6-2)17(14-24-28)21-25-20(26-29(21)12-10-22)16-9-8-15(27(3)4)13-18(16)23/h8-9,13-14H,5-7,10-12H2,1-4H3. The molecular weight excluding hydrogens is 374 g/mol. The number of aryl methyl sites for hydroxylation is 2. The number of halogens is 2. The molecule has 0 aliphatic carbocycles. The van der Waals surface area contributed by atoms with Gasteiger partial charge in [0.2, 0.25) is 0 Å². The number of rotatable bonds is 9. The number of benzene rings is 1. The Bertz CT molecular complexity index is 960. The van der Waals surface area contributed by atoms with Crippen molar-refractivity contribution in [3.63, 3.8) is 0 Å². The van der Waals surface area contributed by atoms with E-state index in [1.54, 1.807) is 12.3 Å². The van der Waals surface area contributed by atoms with Gasteiger partial charge in [-0.25, -0.2) is 18.4 Å². The van der Waals surface area contributed by atoms with E-state index in [1.165, 1.54) is 10.7 Å². The van der Waals surface area contributed by atoms with E-state index in [1.807, 2.05) is 29.7 Å². The van der Waals surface area contributed by atoms with Gasteiger partial charge in [0, 0.05) is 32.0 Å². The van der Waals surface area contributed by atoms with E-state index in [0.29, 0.717) is 11.4 Å². The Morgan fingerprint density at radius 1 is 1.07 bits per heavy atom. The van der Waals surface area contributed by atoms with E-state index in [4.69, 9.17) is 0 Å². The number of alkyl halides is 1. The van der Waals surface area contributed by atoms with Crippen molar-refractivity contribution in [3.05, 3.63) is 35.9 Å². The highest BCUT2D eigenvalue weighted by atomic mass is 19.1. The van der Waals surface area contributed by atoms with Crippen LogP contribution in [0, 0.1) is 5.82 Å². The normalized spacial score (nSPS) is 11.2. The van der Waals surface area contributed by atoms with E-state index in [9.17, 15) is 8.78 Å². The molecule has 0 radical (unpaired) electrons. The van der Waals surface area contributed by atoms with Crippen molar-refractivity contribution >= 4 is 5.69 Å². The molecule has 29 heavy (non-hydrogen) atoms. The van der Waals surface area contributed by atoms with Gasteiger partial charge in [0.15, 0.2) is 11.6 Å². The smallest absolute Gasteiger partial charge is 0.184 e. The third kappa shape index (κ3) is 4.31. The van der Waals surface area contributed by atoms with Crippen molar-refractivity contribution in [1.82, 2.24) is 24.5 Å². The van der Waals surface area contributed by atoms with Crippen LogP contribution in [0.15, 0.2) is 24.4 Å². The minimum absolute atomic E-state index is 0.0586. The third-order valence-electron chi connectivity index (χ3n) is 4.93. The maximum absolute atomic E-state index is 14.7. The summed E-state index contributed by atoms with van der Waals surface area (Å²) in [5.41, 5.74) is 2.90. The molecular formula is C21H28F2N6. The molecule has 0 spiro atoms. The lowest BCUT2D eigenvalue weighted by molar-refractivity contribution is 0.429. The number of anilines is 1. The quantitative estimate of drug-likeness (QED) is 0.534. The van der Waals surface area contributed by atoms with Crippen molar-refractivity contribution in [1.29, 1.82) is 0 Å². The number of hydrogen-bond acceptors (Lipinski definition) is 4. The van der Waals surface area contributed by atoms with Crippen molar-refractivity contribution in [2.75, 3.05) is 25.7 Å². The summed E-state index contributed by atoms with van der Waals surface area (Å²) in [5, 5.41) is 8.90. The number of aromatic nitrogens is 5. The van der Waals surface area contributed by atoms with Crippen LogP contribution >= 0.6 is 0 Å². The van der Waals surface area contributed by atoms with Gasteiger partial charge >= 0.3 is 0 Å². The summed E-state index contributed by atoms with van der Waals surface area (Å²) in [4.78, 5) is 6.41. The predicted octanol–water partition coefficient (Wildman–Crippen LogP) is 4.35. The summed E-state index contributed by atoms with van der Waals surface area (Å²) in [5.74, 6) is 0.363. The summed E-state index contributed by atoms with van der Waals surface area (Å²) in [6.45, 7) is 4.49. The van der Waals surface area contributed by atoms with Crippen LogP contribution < -0.4 is 4.90 Å². The van der Waals surface area contributed by atoms with Crippen LogP contribution in [-0.4, -0.2) is 45.3 Å². The summed E-state index contributed by atoms with van der Waals surface area (Å²) >= 11 is 0. The number of nitrogens with zero attached hydrogens (tertiary/aromatic N) is 6. The highest BCUT2D eigenvalue weighted by Gasteiger charge is 2.21. The fraction of sp³-hybridized carbons (Fsp3) is 0.476. The Kier molecular flexibility index (Phi) is 6.61. The lowest BCUT2D eigenvalue weighted by Crippen LogP contribution is -2.09. The van der Waals surface area contributed by atoms with Crippen molar-refractivity contribution < 1.29 is 8.78 Å². The Morgan fingerprint density at radius 2 is 1.86 bits per heavy atom. The molecule has 0 aliphatic rings. The van der Waals surface area contributed by atoms with Crippen LogP contribution in [0.4, 0.5) is 14.5 Å². The highest BCUT2D eigenvalue weighted by Crippen LogP contribution is 2.29. The second kappa shape index (κ2) is 9.15. The second-order valence-electron chi connectivity index (χ2n) is 7.16. The highest BCUT2D eigenvalue weighted by molar-refractivity contribution is 5.65. The van der Waals surface area contributed by atoms with Gasteiger partial charge in [-0.15, -0.1) is 0 Å². The van der Waals surface area contributed by atoms with Crippen LogP contribution in [0.25, 0.3) is 22.8 Å². The lowest BCUT2D eigenvalue weighted by Gasteiger charge is -2.12. The van der Waals surface area contributed by atoms with Gasteiger partial charge in [-0.1, -0.05) is 20.3 Å². The Balaban J connectivity index is 2.06. The topological polar surface area (TPSA) is 51.8 Å². The largest absolute Gasteiger partial charge is 0.378 e. The molecule has 0 atom stereocenters. The van der Waals surface area contributed by atoms with Crippen molar-refractivity contribution in [2.45, 2.75) is 46.2 Å². The molecule has 3 aromatic rings. The third-order valence-corrected chi connectivity index (χ3v) is 4.93. The molecule has 8 heteroatoms. The molecule has 2 aromatic heterocycles. The fourth-order valence-corrected chi connectivity index (χ4v) is 3.33. The molecule has 2 heterocycles. The average Bonchev–Trinajstić information content (AvgIpc) is 3.29. The first kappa shape index (κ1) is 21.0. The molecule has 3 rings (SSSR count). The zero-order valence-corrected chi connectivity index (χ0v) is 17.5. The second-order valence-corrected chi connectivity index (χ2v) is 7.16. The average molecular weight is 402 g/mol. The fourth-order valence-electron chi connectivity index (χ4n) is 3.33. The van der Waals surface area contributed by atoms with Gasteiger partial charge in [0.1, 0.15) is 12.5 Å². The van der Waals surface area contributed by atoms with Gasteiger partial charge in [-0.05, 0) is 31.0 Å². The van der Waals surface area contributed by atoms with E-state index < -0.39 is 12.5 Å². The molecule has 0 bridgehead atoms. The molecule has 0 amide bonds. The summed E-state index contributed by atoms with van der Waals surface area (Å²) in [7, 11) is 3.70. The first-order chi connectivity index (χ1) is 14.0. The van der Waals surface area contributed by atoms with Gasteiger partial charge in [-0.3, -0.25) is 4.68 Å². The molecule has 0 N–H and O–H groups in total. The molecule has 0 unspecified atom stereocenters. The van der Waals surface area contributed by atoms with E-state index in [0.717, 1.165) is 42.8 Å². The van der Waals surface area contributed by atoms with Gasteiger partial charge < -0.3 is 4.90 Å². The van der Waals surface area contributed by atoms with Crippen molar-refractivity contribution in [3.8, 4) is 22.8 Å². The molecule has 156 valence electrons. The van der Waals surface area contributed by atoms with E-state index >= 15 is 0 Å². The Morgan fingerprint density at radius 3 is 2.48 bits per heavy atom. The van der Waals surface area contributed by atoms with E-state index in [-0.39, 0.29) is 12.4 Å². The van der Waals surface area contributed by atoms with Crippen LogP contribution in [0.5, 0.6) is 0 Å². The molecule has 0 saturated carbocycles. The molecule has 0 saturated heterocycles. The predicted molar refractivity (Wildman–Crippen MR) is 111 cm³/mol. The van der Waals surface area contributed by atoms with Gasteiger partial charge in [0.05, 0.1) is 23.9 Å². The van der Waals surface area contributed by atoms with Crippen LogP contribution in [0.2, 0.25) is 0 Å². The zero-order chi connectivity index (χ0) is 21.0. The van der Waals surface area contributed by atoms with Crippen LogP contribution in [0.1, 0.15) is 32.4 Å². The Labute approximate surface area is 170 Å². The first-order valence-electron chi connectivity index (χ1n) is 10.0. The van der Waals surface area contributed by atoms with Gasteiger partial charge in [-0.2, -0.15) is 10.2 Å². The number of hydrogen-bond donors (Lipinski definition) is 0. The summed E-state index contributed by atoms with van der Waals surface area (Å²) in [6, 6.07) is 4.92. The molecule has 0 fully saturated rings. The Hall–Kier alpha value is -2.77. The lowest BCUT2D eigenvalue weighted by atomic mass is 10.1. The van der Waals surface area contributed by atoms with Gasteiger partial charge in [0.25, 0.3) is 0 Å². The molecule has 1 aromatic carbocycles. The van der Waals surface area contributed by atoms with E-state index in [2.05, 4.69) is 29.0 Å². The summed E-state index contributed by atoms with van der Waals surface area (Å²) < 4.78 is 31.4. The summed E-state index contributed by atoms with van der Waals surface area (Å²) in [6.07, 6.45) is 4.62. The SMILES string of the molecule is CCCCn1ncc(-c2nc(-c3ccc(N(C)C)cc3F)nn2CCF)c1CC. The molecule has 0 aliphatic heterocycles. The minimum atomic E-state index is -0.580. The zero-order valence-electron chi connectivity index (χ0n) is 17.5. The maximum atomic E-state index is 14.7. The molecule has 6 nitrogen and oxygen atoms in total. The van der Waals surface area contributed by atoms with Crippen LogP contribution in [-0.2, 0) is 19.5 Å². The van der Waals surface area contributed by atoms with Crippen molar-refractivity contribution in [2.24, 2.45) is 0 Å². The van der Waals surface area contributed by atoms with Crippen LogP contribution in [0.3, 0.4) is 0 Å². The first-order valence-corrected chi connectivity index (χ1v) is 10.0. The monoisotopic (exact) mass is 402 g/mol. The minimum Gasteiger partial charge on any atom is -0.378 e.